The monoisotopic (exact) mass is 382 g/mol. The van der Waals surface area contributed by atoms with Gasteiger partial charge in [0, 0.05) is 25.4 Å². The van der Waals surface area contributed by atoms with Gasteiger partial charge in [0.25, 0.3) is 0 Å². The molecule has 1 aromatic heterocycles. The zero-order valence-corrected chi connectivity index (χ0v) is 16.4. The SMILES string of the molecule is COc1ccc(/C=C/C(=O)NCc2nccc(N3CCCCC3)n2)cc1OC. The van der Waals surface area contributed by atoms with E-state index in [0.717, 1.165) is 24.5 Å². The largest absolute Gasteiger partial charge is 0.493 e. The van der Waals surface area contributed by atoms with Crippen molar-refractivity contribution < 1.29 is 14.3 Å². The summed E-state index contributed by atoms with van der Waals surface area (Å²) in [5.74, 6) is 2.60. The predicted molar refractivity (Wildman–Crippen MR) is 109 cm³/mol. The Kier molecular flexibility index (Phi) is 6.84. The number of piperidine rings is 1. The molecular weight excluding hydrogens is 356 g/mol. The van der Waals surface area contributed by atoms with Gasteiger partial charge >= 0.3 is 0 Å². The van der Waals surface area contributed by atoms with Crippen LogP contribution in [0, 0.1) is 0 Å². The van der Waals surface area contributed by atoms with E-state index in [1.54, 1.807) is 32.6 Å². The number of methoxy groups -OCH3 is 2. The number of carbonyl (C=O) groups is 1. The molecule has 7 nitrogen and oxygen atoms in total. The Morgan fingerprint density at radius 2 is 1.93 bits per heavy atom. The maximum Gasteiger partial charge on any atom is 0.244 e. The first kappa shape index (κ1) is 19.7. The molecule has 0 bridgehead atoms. The van der Waals surface area contributed by atoms with Gasteiger partial charge in [-0.2, -0.15) is 0 Å². The number of carbonyl (C=O) groups excluding carboxylic acids is 1. The van der Waals surface area contributed by atoms with Gasteiger partial charge < -0.3 is 19.7 Å². The Hall–Kier alpha value is -3.09. The van der Waals surface area contributed by atoms with Crippen molar-refractivity contribution in [3.05, 3.63) is 47.9 Å². The van der Waals surface area contributed by atoms with Gasteiger partial charge in [-0.15, -0.1) is 0 Å². The molecule has 0 atom stereocenters. The van der Waals surface area contributed by atoms with Gasteiger partial charge in [0.05, 0.1) is 20.8 Å². The number of aromatic nitrogens is 2. The van der Waals surface area contributed by atoms with Gasteiger partial charge in [0.2, 0.25) is 5.91 Å². The molecule has 1 aromatic carbocycles. The molecule has 1 amide bonds. The molecular formula is C21H26N4O3. The van der Waals surface area contributed by atoms with E-state index in [1.807, 2.05) is 18.2 Å². The summed E-state index contributed by atoms with van der Waals surface area (Å²) in [4.78, 5) is 23.2. The summed E-state index contributed by atoms with van der Waals surface area (Å²) in [6.07, 6.45) is 8.61. The van der Waals surface area contributed by atoms with Gasteiger partial charge in [0.15, 0.2) is 11.5 Å². The van der Waals surface area contributed by atoms with Crippen LogP contribution in [0.1, 0.15) is 30.7 Å². The highest BCUT2D eigenvalue weighted by atomic mass is 16.5. The first-order valence-electron chi connectivity index (χ1n) is 9.44. The maximum atomic E-state index is 12.1. The van der Waals surface area contributed by atoms with Crippen molar-refractivity contribution >= 4 is 17.8 Å². The molecule has 0 spiro atoms. The average molecular weight is 382 g/mol. The fourth-order valence-corrected chi connectivity index (χ4v) is 3.13. The molecule has 1 fully saturated rings. The van der Waals surface area contributed by atoms with E-state index in [2.05, 4.69) is 20.2 Å². The van der Waals surface area contributed by atoms with Gasteiger partial charge in [-0.1, -0.05) is 6.07 Å². The van der Waals surface area contributed by atoms with Crippen molar-refractivity contribution in [1.82, 2.24) is 15.3 Å². The molecule has 3 rings (SSSR count). The van der Waals surface area contributed by atoms with Crippen molar-refractivity contribution in [2.45, 2.75) is 25.8 Å². The number of nitrogens with zero attached hydrogens (tertiary/aromatic N) is 3. The Labute approximate surface area is 165 Å². The minimum Gasteiger partial charge on any atom is -0.493 e. The van der Waals surface area contributed by atoms with Crippen molar-refractivity contribution in [3.63, 3.8) is 0 Å². The first-order valence-corrected chi connectivity index (χ1v) is 9.44. The summed E-state index contributed by atoms with van der Waals surface area (Å²) in [6.45, 7) is 2.34. The summed E-state index contributed by atoms with van der Waals surface area (Å²) < 4.78 is 10.5. The smallest absolute Gasteiger partial charge is 0.244 e. The van der Waals surface area contributed by atoms with Crippen LogP contribution in [0.15, 0.2) is 36.5 Å². The Morgan fingerprint density at radius 3 is 2.68 bits per heavy atom. The minimum absolute atomic E-state index is 0.207. The van der Waals surface area contributed by atoms with Crippen molar-refractivity contribution in [2.75, 3.05) is 32.2 Å². The number of nitrogens with one attached hydrogen (secondary N) is 1. The average Bonchev–Trinajstić information content (AvgIpc) is 2.76. The topological polar surface area (TPSA) is 76.6 Å². The zero-order valence-electron chi connectivity index (χ0n) is 16.4. The Balaban J connectivity index is 1.56. The van der Waals surface area contributed by atoms with Crippen LogP contribution in [0.5, 0.6) is 11.5 Å². The third-order valence-corrected chi connectivity index (χ3v) is 4.63. The molecule has 0 aliphatic carbocycles. The predicted octanol–water partition coefficient (Wildman–Crippen LogP) is 2.81. The highest BCUT2D eigenvalue weighted by Gasteiger charge is 2.12. The number of anilines is 1. The number of hydrogen-bond acceptors (Lipinski definition) is 6. The number of amides is 1. The van der Waals surface area contributed by atoms with Crippen LogP contribution < -0.4 is 19.7 Å². The van der Waals surface area contributed by atoms with E-state index >= 15 is 0 Å². The van der Waals surface area contributed by atoms with Crippen LogP contribution in [-0.2, 0) is 11.3 Å². The number of benzene rings is 1. The van der Waals surface area contributed by atoms with E-state index in [9.17, 15) is 4.79 Å². The van der Waals surface area contributed by atoms with Gasteiger partial charge in [-0.3, -0.25) is 4.79 Å². The lowest BCUT2D eigenvalue weighted by Crippen LogP contribution is -2.30. The second-order valence-electron chi connectivity index (χ2n) is 6.54. The molecule has 28 heavy (non-hydrogen) atoms. The Bertz CT molecular complexity index is 832. The van der Waals surface area contributed by atoms with Crippen LogP contribution in [0.4, 0.5) is 5.82 Å². The molecule has 2 heterocycles. The molecule has 2 aromatic rings. The lowest BCUT2D eigenvalue weighted by Gasteiger charge is -2.27. The molecule has 1 aliphatic rings. The minimum atomic E-state index is -0.207. The fourth-order valence-electron chi connectivity index (χ4n) is 3.13. The van der Waals surface area contributed by atoms with E-state index in [-0.39, 0.29) is 12.5 Å². The van der Waals surface area contributed by atoms with E-state index in [0.29, 0.717) is 17.3 Å². The van der Waals surface area contributed by atoms with Crippen molar-refractivity contribution in [1.29, 1.82) is 0 Å². The van der Waals surface area contributed by atoms with E-state index in [4.69, 9.17) is 9.47 Å². The standard InChI is InChI=1S/C21H26N4O3/c1-27-17-8-6-16(14-18(17)28-2)7-9-21(26)23-15-19-22-11-10-20(24-19)25-12-4-3-5-13-25/h6-11,14H,3-5,12-13,15H2,1-2H3,(H,23,26)/b9-7+. The van der Waals surface area contributed by atoms with Gasteiger partial charge in [-0.05, 0) is 49.1 Å². The van der Waals surface area contributed by atoms with Gasteiger partial charge in [0.1, 0.15) is 11.6 Å². The summed E-state index contributed by atoms with van der Waals surface area (Å²) in [5.41, 5.74) is 0.844. The summed E-state index contributed by atoms with van der Waals surface area (Å²) in [6, 6.07) is 7.40. The molecule has 7 heteroatoms. The summed E-state index contributed by atoms with van der Waals surface area (Å²) >= 11 is 0. The normalized spacial score (nSPS) is 14.1. The number of rotatable bonds is 7. The van der Waals surface area contributed by atoms with Crippen LogP contribution in [0.25, 0.3) is 6.08 Å². The molecule has 1 aliphatic heterocycles. The third-order valence-electron chi connectivity index (χ3n) is 4.63. The third kappa shape index (κ3) is 5.22. The summed E-state index contributed by atoms with van der Waals surface area (Å²) in [7, 11) is 3.17. The lowest BCUT2D eigenvalue weighted by molar-refractivity contribution is -0.116. The van der Waals surface area contributed by atoms with Crippen LogP contribution in [0.2, 0.25) is 0 Å². The van der Waals surface area contributed by atoms with Crippen molar-refractivity contribution in [3.8, 4) is 11.5 Å². The van der Waals surface area contributed by atoms with E-state index < -0.39 is 0 Å². The van der Waals surface area contributed by atoms with Crippen molar-refractivity contribution in [2.24, 2.45) is 0 Å². The molecule has 1 saturated heterocycles. The second-order valence-corrected chi connectivity index (χ2v) is 6.54. The first-order chi connectivity index (χ1) is 13.7. The molecule has 0 unspecified atom stereocenters. The second kappa shape index (κ2) is 9.73. The van der Waals surface area contributed by atoms with Crippen LogP contribution >= 0.6 is 0 Å². The quantitative estimate of drug-likeness (QED) is 0.742. The highest BCUT2D eigenvalue weighted by Crippen LogP contribution is 2.27. The molecule has 148 valence electrons. The van der Waals surface area contributed by atoms with Crippen LogP contribution in [-0.4, -0.2) is 43.2 Å². The highest BCUT2D eigenvalue weighted by molar-refractivity contribution is 5.91. The number of hydrogen-bond donors (Lipinski definition) is 1. The van der Waals surface area contributed by atoms with Crippen LogP contribution in [0.3, 0.4) is 0 Å². The fraction of sp³-hybridized carbons (Fsp3) is 0.381. The van der Waals surface area contributed by atoms with Gasteiger partial charge in [-0.25, -0.2) is 9.97 Å². The number of ether oxygens (including phenoxy) is 2. The van der Waals surface area contributed by atoms with E-state index in [1.165, 1.54) is 25.3 Å². The lowest BCUT2D eigenvalue weighted by atomic mass is 10.1. The molecule has 0 saturated carbocycles. The molecule has 0 radical (unpaired) electrons. The maximum absolute atomic E-state index is 12.1. The Morgan fingerprint density at radius 1 is 1.14 bits per heavy atom. The molecule has 1 N–H and O–H groups in total. The zero-order chi connectivity index (χ0) is 19.8. The summed E-state index contributed by atoms with van der Waals surface area (Å²) in [5, 5.41) is 2.83.